The molecule has 0 fully saturated rings. The summed E-state index contributed by atoms with van der Waals surface area (Å²) in [5, 5.41) is 10.7. The van der Waals surface area contributed by atoms with E-state index >= 15 is 0 Å². The highest BCUT2D eigenvalue weighted by Crippen LogP contribution is 2.41. The first-order valence-corrected chi connectivity index (χ1v) is 6.85. The minimum atomic E-state index is 0.242. The van der Waals surface area contributed by atoms with Gasteiger partial charge in [0, 0.05) is 10.6 Å². The van der Waals surface area contributed by atoms with Gasteiger partial charge >= 0.3 is 0 Å². The average Bonchev–Trinajstić information content (AvgIpc) is 2.38. The van der Waals surface area contributed by atoms with E-state index in [1.165, 1.54) is 0 Å². The summed E-state index contributed by atoms with van der Waals surface area (Å²) in [5.41, 5.74) is 2.13. The van der Waals surface area contributed by atoms with E-state index in [-0.39, 0.29) is 6.42 Å². The third-order valence-electron chi connectivity index (χ3n) is 2.65. The second-order valence-electron chi connectivity index (χ2n) is 3.85. The zero-order valence-corrected chi connectivity index (χ0v) is 12.6. The van der Waals surface area contributed by atoms with Crippen molar-refractivity contribution in [2.75, 3.05) is 0 Å². The van der Waals surface area contributed by atoms with Crippen molar-refractivity contribution in [3.05, 3.63) is 56.0 Å². The Bertz CT molecular complexity index is 674. The van der Waals surface area contributed by atoms with Crippen LogP contribution in [0.25, 0.3) is 11.1 Å². The van der Waals surface area contributed by atoms with Gasteiger partial charge in [0.25, 0.3) is 0 Å². The Morgan fingerprint density at radius 1 is 0.947 bits per heavy atom. The molecule has 0 aliphatic rings. The van der Waals surface area contributed by atoms with Gasteiger partial charge in [-0.15, -0.1) is 0 Å². The fraction of sp³-hybridized carbons (Fsp3) is 0.0714. The smallest absolute Gasteiger partial charge is 0.0685 e. The lowest BCUT2D eigenvalue weighted by atomic mass is 9.98. The molecule has 2 rings (SSSR count). The number of hydrogen-bond donors (Lipinski definition) is 0. The third-order valence-corrected chi connectivity index (χ3v) is 4.01. The molecule has 96 valence electrons. The Hall–Kier alpha value is -0.910. The zero-order valence-electron chi connectivity index (χ0n) is 9.55. The van der Waals surface area contributed by atoms with Gasteiger partial charge in [0.15, 0.2) is 0 Å². The third kappa shape index (κ3) is 2.99. The highest BCUT2D eigenvalue weighted by Gasteiger charge is 2.15. The van der Waals surface area contributed by atoms with E-state index in [9.17, 15) is 0 Å². The maximum absolute atomic E-state index is 8.88. The normalized spacial score (nSPS) is 10.3. The quantitative estimate of drug-likeness (QED) is 0.616. The van der Waals surface area contributed by atoms with Gasteiger partial charge in [-0.25, -0.2) is 0 Å². The van der Waals surface area contributed by atoms with Crippen molar-refractivity contribution in [2.24, 2.45) is 0 Å². The van der Waals surface area contributed by atoms with Crippen LogP contribution in [-0.4, -0.2) is 0 Å². The monoisotopic (exact) mass is 329 g/mol. The minimum absolute atomic E-state index is 0.242. The molecule has 0 heterocycles. The van der Waals surface area contributed by atoms with Crippen LogP contribution in [0.5, 0.6) is 0 Å². The van der Waals surface area contributed by atoms with Crippen molar-refractivity contribution in [3.8, 4) is 17.2 Å². The van der Waals surface area contributed by atoms with Crippen LogP contribution in [0.4, 0.5) is 0 Å². The molecule has 2 aromatic rings. The number of halogens is 4. The lowest BCUT2D eigenvalue weighted by Gasteiger charge is -2.12. The highest BCUT2D eigenvalue weighted by atomic mass is 35.5. The van der Waals surface area contributed by atoms with Gasteiger partial charge < -0.3 is 0 Å². The second kappa shape index (κ2) is 6.03. The van der Waals surface area contributed by atoms with Gasteiger partial charge in [0.1, 0.15) is 0 Å². The number of rotatable bonds is 2. The van der Waals surface area contributed by atoms with Crippen LogP contribution in [0, 0.1) is 11.3 Å². The van der Waals surface area contributed by atoms with Gasteiger partial charge in [-0.1, -0.05) is 52.5 Å². The number of nitriles is 1. The van der Waals surface area contributed by atoms with E-state index in [0.717, 1.165) is 11.1 Å². The topological polar surface area (TPSA) is 23.8 Å². The molecule has 0 atom stereocenters. The summed E-state index contributed by atoms with van der Waals surface area (Å²) in [4.78, 5) is 0. The van der Waals surface area contributed by atoms with Crippen molar-refractivity contribution in [3.63, 3.8) is 0 Å². The van der Waals surface area contributed by atoms with Crippen molar-refractivity contribution < 1.29 is 0 Å². The Balaban J connectivity index is 2.75. The molecule has 0 bridgehead atoms. The van der Waals surface area contributed by atoms with Crippen molar-refractivity contribution >= 4 is 46.4 Å². The molecule has 0 aliphatic carbocycles. The Labute approximate surface area is 131 Å². The first kappa shape index (κ1) is 14.5. The van der Waals surface area contributed by atoms with Crippen LogP contribution >= 0.6 is 46.4 Å². The molecule has 0 N–H and O–H groups in total. The van der Waals surface area contributed by atoms with Crippen LogP contribution in [0.3, 0.4) is 0 Å². The summed E-state index contributed by atoms with van der Waals surface area (Å²) in [6.07, 6.45) is 0.242. The summed E-state index contributed by atoms with van der Waals surface area (Å²) in [7, 11) is 0. The van der Waals surface area contributed by atoms with Crippen molar-refractivity contribution in [1.82, 2.24) is 0 Å². The summed E-state index contributed by atoms with van der Waals surface area (Å²) in [5.74, 6) is 0. The van der Waals surface area contributed by atoms with E-state index in [1.807, 2.05) is 0 Å². The van der Waals surface area contributed by atoms with Gasteiger partial charge in [0.2, 0.25) is 0 Å². The zero-order chi connectivity index (χ0) is 14.0. The molecule has 0 radical (unpaired) electrons. The van der Waals surface area contributed by atoms with Crippen LogP contribution < -0.4 is 0 Å². The number of hydrogen-bond acceptors (Lipinski definition) is 1. The fourth-order valence-electron chi connectivity index (χ4n) is 1.79. The van der Waals surface area contributed by atoms with Gasteiger partial charge in [0.05, 0.1) is 27.6 Å². The van der Waals surface area contributed by atoms with Crippen molar-refractivity contribution in [2.45, 2.75) is 6.42 Å². The standard InChI is InChI=1S/C14H7Cl4N/c15-9-2-1-8(5-6-19)10(7-9)13-11(16)3-4-12(17)14(13)18/h1-4,7H,5H2. The minimum Gasteiger partial charge on any atom is -0.198 e. The Kier molecular flexibility index (Phi) is 4.60. The molecule has 0 saturated heterocycles. The van der Waals surface area contributed by atoms with Crippen LogP contribution in [0.1, 0.15) is 5.56 Å². The number of benzene rings is 2. The van der Waals surface area contributed by atoms with E-state index in [2.05, 4.69) is 6.07 Å². The van der Waals surface area contributed by atoms with Gasteiger partial charge in [-0.05, 0) is 35.4 Å². The summed E-state index contributed by atoms with van der Waals surface area (Å²) < 4.78 is 0. The average molecular weight is 331 g/mol. The molecule has 2 aromatic carbocycles. The maximum Gasteiger partial charge on any atom is 0.0685 e. The molecule has 0 saturated carbocycles. The Morgan fingerprint density at radius 3 is 2.32 bits per heavy atom. The van der Waals surface area contributed by atoms with E-state index in [1.54, 1.807) is 30.3 Å². The van der Waals surface area contributed by atoms with E-state index in [0.29, 0.717) is 25.7 Å². The largest absolute Gasteiger partial charge is 0.198 e. The van der Waals surface area contributed by atoms with Gasteiger partial charge in [-0.3, -0.25) is 0 Å². The van der Waals surface area contributed by atoms with E-state index < -0.39 is 0 Å². The first-order chi connectivity index (χ1) is 9.04. The number of nitrogens with zero attached hydrogens (tertiary/aromatic N) is 1. The SMILES string of the molecule is N#CCc1ccc(Cl)cc1-c1c(Cl)ccc(Cl)c1Cl. The first-order valence-electron chi connectivity index (χ1n) is 5.34. The molecule has 5 heteroatoms. The van der Waals surface area contributed by atoms with Crippen molar-refractivity contribution in [1.29, 1.82) is 5.26 Å². The highest BCUT2D eigenvalue weighted by molar-refractivity contribution is 6.46. The lowest BCUT2D eigenvalue weighted by Crippen LogP contribution is -1.91. The van der Waals surface area contributed by atoms with Crippen LogP contribution in [0.2, 0.25) is 20.1 Å². The molecule has 1 nitrogen and oxygen atoms in total. The molecular weight excluding hydrogens is 324 g/mol. The molecule has 0 spiro atoms. The molecule has 0 amide bonds. The molecular formula is C14H7Cl4N. The fourth-order valence-corrected chi connectivity index (χ4v) is 2.70. The van der Waals surface area contributed by atoms with Crippen LogP contribution in [0.15, 0.2) is 30.3 Å². The van der Waals surface area contributed by atoms with E-state index in [4.69, 9.17) is 51.7 Å². The molecule has 0 aliphatic heterocycles. The van der Waals surface area contributed by atoms with Crippen LogP contribution in [-0.2, 0) is 6.42 Å². The van der Waals surface area contributed by atoms with Gasteiger partial charge in [-0.2, -0.15) is 5.26 Å². The molecule has 19 heavy (non-hydrogen) atoms. The molecule has 0 aromatic heterocycles. The molecule has 0 unspecified atom stereocenters. The summed E-state index contributed by atoms with van der Waals surface area (Å²) in [6.45, 7) is 0. The summed E-state index contributed by atoms with van der Waals surface area (Å²) in [6, 6.07) is 10.6. The predicted octanol–water partition coefficient (Wildman–Crippen LogP) is 6.03. The second-order valence-corrected chi connectivity index (χ2v) is 5.48. The maximum atomic E-state index is 8.88. The Morgan fingerprint density at radius 2 is 1.63 bits per heavy atom. The predicted molar refractivity (Wildman–Crippen MR) is 81.2 cm³/mol. The lowest BCUT2D eigenvalue weighted by molar-refractivity contribution is 1.26. The summed E-state index contributed by atoms with van der Waals surface area (Å²) >= 11 is 24.4.